The molecule has 0 spiro atoms. The number of non-ortho nitro benzene ring substituents is 1. The second-order valence-corrected chi connectivity index (χ2v) is 6.10. The maximum Gasteiger partial charge on any atom is 0.407 e. The molecule has 0 fully saturated rings. The van der Waals surface area contributed by atoms with Gasteiger partial charge in [0.2, 0.25) is 0 Å². The van der Waals surface area contributed by atoms with Gasteiger partial charge in [-0.15, -0.1) is 0 Å². The first-order valence-electron chi connectivity index (χ1n) is 7.69. The molecule has 9 nitrogen and oxygen atoms in total. The molecule has 1 aromatic carbocycles. The van der Waals surface area contributed by atoms with Gasteiger partial charge in [-0.1, -0.05) is 0 Å². The summed E-state index contributed by atoms with van der Waals surface area (Å²) in [4.78, 5) is 44.7. The number of ketones is 1. The van der Waals surface area contributed by atoms with E-state index >= 15 is 0 Å². The highest BCUT2D eigenvalue weighted by molar-refractivity contribution is 6.07. The first-order chi connectivity index (χ1) is 12.1. The second-order valence-electron chi connectivity index (χ2n) is 6.10. The summed E-state index contributed by atoms with van der Waals surface area (Å²) in [6.07, 6.45) is 1.32. The van der Waals surface area contributed by atoms with E-state index in [9.17, 15) is 24.5 Å². The molecule has 140 valence electrons. The summed E-state index contributed by atoms with van der Waals surface area (Å²) in [5.41, 5.74) is -0.560. The van der Waals surface area contributed by atoms with Gasteiger partial charge in [-0.2, -0.15) is 0 Å². The summed E-state index contributed by atoms with van der Waals surface area (Å²) in [6.45, 7) is 5.14. The molecule has 0 atom stereocenters. The molecule has 0 saturated heterocycles. The molecule has 0 aliphatic heterocycles. The normalized spacial score (nSPS) is 11.0. The standard InChI is InChI=1S/C17H20N2O7/c1-17(2,3)26-16(22)18-10-11-25-15(21)9-8-14(20)12-4-6-13(7-5-12)19(23)24/h4-9H,10-11H2,1-3H3,(H,18,22)/b9-8+. The zero-order chi connectivity index (χ0) is 19.7. The molecule has 1 rings (SSSR count). The molecule has 0 saturated carbocycles. The number of nitro benzene ring substituents is 1. The number of carbonyl (C=O) groups excluding carboxylic acids is 3. The Morgan fingerprint density at radius 3 is 2.31 bits per heavy atom. The van der Waals surface area contributed by atoms with Gasteiger partial charge in [0, 0.05) is 23.8 Å². The fourth-order valence-corrected chi connectivity index (χ4v) is 1.65. The van der Waals surface area contributed by atoms with Crippen molar-refractivity contribution >= 4 is 23.5 Å². The Morgan fingerprint density at radius 2 is 1.77 bits per heavy atom. The predicted octanol–water partition coefficient (Wildman–Crippen LogP) is 2.40. The van der Waals surface area contributed by atoms with Crippen molar-refractivity contribution in [1.82, 2.24) is 5.32 Å². The van der Waals surface area contributed by atoms with E-state index in [-0.39, 0.29) is 24.4 Å². The largest absolute Gasteiger partial charge is 0.461 e. The molecular weight excluding hydrogens is 344 g/mol. The number of benzene rings is 1. The van der Waals surface area contributed by atoms with Crippen LogP contribution in [0.4, 0.5) is 10.5 Å². The molecule has 0 aliphatic rings. The van der Waals surface area contributed by atoms with Crippen LogP contribution in [0.3, 0.4) is 0 Å². The lowest BCUT2D eigenvalue weighted by molar-refractivity contribution is -0.384. The van der Waals surface area contributed by atoms with Crippen molar-refractivity contribution in [3.8, 4) is 0 Å². The van der Waals surface area contributed by atoms with E-state index in [0.717, 1.165) is 12.2 Å². The third kappa shape index (κ3) is 8.04. The fourth-order valence-electron chi connectivity index (χ4n) is 1.65. The van der Waals surface area contributed by atoms with Crippen molar-refractivity contribution < 1.29 is 28.8 Å². The van der Waals surface area contributed by atoms with Gasteiger partial charge in [-0.25, -0.2) is 9.59 Å². The van der Waals surface area contributed by atoms with Crippen LogP contribution in [0, 0.1) is 10.1 Å². The van der Waals surface area contributed by atoms with Crippen LogP contribution in [0.15, 0.2) is 36.4 Å². The van der Waals surface area contributed by atoms with E-state index in [1.807, 2.05) is 0 Å². The van der Waals surface area contributed by atoms with Crippen molar-refractivity contribution in [3.63, 3.8) is 0 Å². The summed E-state index contributed by atoms with van der Waals surface area (Å²) >= 11 is 0. The van der Waals surface area contributed by atoms with Crippen LogP contribution in [0.2, 0.25) is 0 Å². The van der Waals surface area contributed by atoms with Gasteiger partial charge in [0.25, 0.3) is 5.69 Å². The monoisotopic (exact) mass is 364 g/mol. The number of esters is 1. The van der Waals surface area contributed by atoms with E-state index in [2.05, 4.69) is 5.32 Å². The molecule has 9 heteroatoms. The fraction of sp³-hybridized carbons (Fsp3) is 0.353. The van der Waals surface area contributed by atoms with Crippen LogP contribution in [-0.2, 0) is 14.3 Å². The predicted molar refractivity (Wildman–Crippen MR) is 91.8 cm³/mol. The number of nitro groups is 1. The van der Waals surface area contributed by atoms with Crippen LogP contribution in [0.25, 0.3) is 0 Å². The highest BCUT2D eigenvalue weighted by Crippen LogP contribution is 2.12. The molecule has 1 aromatic rings. The van der Waals surface area contributed by atoms with Gasteiger partial charge < -0.3 is 14.8 Å². The molecule has 0 radical (unpaired) electrons. The van der Waals surface area contributed by atoms with Crippen molar-refractivity contribution in [2.45, 2.75) is 26.4 Å². The number of hydrogen-bond acceptors (Lipinski definition) is 7. The first-order valence-corrected chi connectivity index (χ1v) is 7.69. The minimum atomic E-state index is -0.758. The molecule has 0 aliphatic carbocycles. The Balaban J connectivity index is 2.37. The van der Waals surface area contributed by atoms with E-state index in [1.54, 1.807) is 20.8 Å². The van der Waals surface area contributed by atoms with E-state index in [0.29, 0.717) is 0 Å². The lowest BCUT2D eigenvalue weighted by Crippen LogP contribution is -2.34. The Bertz CT molecular complexity index is 703. The Morgan fingerprint density at radius 1 is 1.15 bits per heavy atom. The van der Waals surface area contributed by atoms with Gasteiger partial charge in [0.15, 0.2) is 5.78 Å². The maximum atomic E-state index is 11.8. The average molecular weight is 364 g/mol. The Labute approximate surface area is 150 Å². The van der Waals surface area contributed by atoms with Gasteiger partial charge >= 0.3 is 12.1 Å². The number of alkyl carbamates (subject to hydrolysis) is 1. The van der Waals surface area contributed by atoms with Crippen molar-refractivity contribution in [3.05, 3.63) is 52.1 Å². The molecular formula is C17H20N2O7. The Kier molecular flexibility index (Phi) is 7.45. The van der Waals surface area contributed by atoms with Crippen LogP contribution >= 0.6 is 0 Å². The SMILES string of the molecule is CC(C)(C)OC(=O)NCCOC(=O)/C=C/C(=O)c1ccc([N+](=O)[O-])cc1. The third-order valence-corrected chi connectivity index (χ3v) is 2.75. The second kappa shape index (κ2) is 9.30. The highest BCUT2D eigenvalue weighted by Gasteiger charge is 2.15. The number of ether oxygens (including phenoxy) is 2. The summed E-state index contributed by atoms with van der Waals surface area (Å²) in [6, 6.07) is 4.98. The number of carbonyl (C=O) groups is 3. The summed E-state index contributed by atoms with van der Waals surface area (Å²) in [5, 5.41) is 13.0. The van der Waals surface area contributed by atoms with Gasteiger partial charge in [-0.05, 0) is 39.0 Å². The lowest BCUT2D eigenvalue weighted by atomic mass is 10.1. The third-order valence-electron chi connectivity index (χ3n) is 2.75. The van der Waals surface area contributed by atoms with Gasteiger partial charge in [-0.3, -0.25) is 14.9 Å². The molecule has 26 heavy (non-hydrogen) atoms. The summed E-state index contributed by atoms with van der Waals surface area (Å²) in [5.74, 6) is -1.25. The number of rotatable bonds is 7. The maximum absolute atomic E-state index is 11.8. The van der Waals surface area contributed by atoms with Crippen LogP contribution in [-0.4, -0.2) is 41.5 Å². The van der Waals surface area contributed by atoms with E-state index in [1.165, 1.54) is 24.3 Å². The topological polar surface area (TPSA) is 125 Å². The molecule has 1 amide bonds. The first kappa shape index (κ1) is 20.8. The smallest absolute Gasteiger partial charge is 0.407 e. The quantitative estimate of drug-likeness (QED) is 0.197. The number of amides is 1. The van der Waals surface area contributed by atoms with Gasteiger partial charge in [0.1, 0.15) is 12.2 Å². The molecule has 0 unspecified atom stereocenters. The van der Waals surface area contributed by atoms with Crippen LogP contribution in [0.5, 0.6) is 0 Å². The molecule has 0 bridgehead atoms. The van der Waals surface area contributed by atoms with E-state index < -0.39 is 28.4 Å². The van der Waals surface area contributed by atoms with Crippen LogP contribution < -0.4 is 5.32 Å². The highest BCUT2D eigenvalue weighted by atomic mass is 16.6. The zero-order valence-electron chi connectivity index (χ0n) is 14.7. The minimum Gasteiger partial charge on any atom is -0.461 e. The van der Waals surface area contributed by atoms with Crippen molar-refractivity contribution in [2.75, 3.05) is 13.2 Å². The summed E-state index contributed by atoms with van der Waals surface area (Å²) < 4.78 is 9.83. The Hall–Kier alpha value is -3.23. The number of nitrogens with zero attached hydrogens (tertiary/aromatic N) is 1. The van der Waals surface area contributed by atoms with Gasteiger partial charge in [0.05, 0.1) is 11.5 Å². The number of hydrogen-bond donors (Lipinski definition) is 1. The van der Waals surface area contributed by atoms with Crippen molar-refractivity contribution in [1.29, 1.82) is 0 Å². The average Bonchev–Trinajstić information content (AvgIpc) is 2.55. The molecule has 1 N–H and O–H groups in total. The summed E-state index contributed by atoms with van der Waals surface area (Å²) in [7, 11) is 0. The number of nitrogens with one attached hydrogen (secondary N) is 1. The lowest BCUT2D eigenvalue weighted by Gasteiger charge is -2.19. The number of allylic oxidation sites excluding steroid dienone is 1. The zero-order valence-corrected chi connectivity index (χ0v) is 14.7. The van der Waals surface area contributed by atoms with Crippen molar-refractivity contribution in [2.24, 2.45) is 0 Å². The van der Waals surface area contributed by atoms with E-state index in [4.69, 9.17) is 9.47 Å². The van der Waals surface area contributed by atoms with Crippen LogP contribution in [0.1, 0.15) is 31.1 Å². The molecule has 0 heterocycles. The minimum absolute atomic E-state index is 0.0603. The molecule has 0 aromatic heterocycles.